The molecule has 1 aliphatic heterocycles. The van der Waals surface area contributed by atoms with E-state index in [2.05, 4.69) is 10.1 Å². The number of hydroxylamine groups is 2. The molecule has 4 aromatic rings. The van der Waals surface area contributed by atoms with Gasteiger partial charge in [0.15, 0.2) is 0 Å². The summed E-state index contributed by atoms with van der Waals surface area (Å²) in [5.41, 5.74) is -3.28. The number of halogens is 2. The predicted octanol–water partition coefficient (Wildman–Crippen LogP) is 4.35. The topological polar surface area (TPSA) is 125 Å². The Morgan fingerprint density at radius 3 is 2.56 bits per heavy atom. The average molecular weight is 606 g/mol. The normalized spacial score (nSPS) is 21.3. The number of amides is 1. The van der Waals surface area contributed by atoms with E-state index in [-0.39, 0.29) is 48.1 Å². The van der Waals surface area contributed by atoms with E-state index in [0.29, 0.717) is 21.3 Å². The molecular weight excluding hydrogens is 573 g/mol. The molecule has 1 aliphatic carbocycles. The molecule has 1 amide bonds. The van der Waals surface area contributed by atoms with Gasteiger partial charge in [0.05, 0.1) is 41.5 Å². The Balaban J connectivity index is 1.57. The van der Waals surface area contributed by atoms with Crippen LogP contribution >= 0.6 is 11.6 Å². The Hall–Kier alpha value is -4.14. The number of nitriles is 1. The van der Waals surface area contributed by atoms with Crippen LogP contribution in [0, 0.1) is 22.6 Å². The summed E-state index contributed by atoms with van der Waals surface area (Å²) in [6, 6.07) is 15.8. The molecule has 2 aliphatic rings. The molecule has 2 aromatic carbocycles. The van der Waals surface area contributed by atoms with Crippen molar-refractivity contribution in [2.24, 2.45) is 12.5 Å². The summed E-state index contributed by atoms with van der Waals surface area (Å²) in [4.78, 5) is 24.6. The molecule has 0 spiro atoms. The first-order valence-electron chi connectivity index (χ1n) is 15.5. The summed E-state index contributed by atoms with van der Waals surface area (Å²) < 4.78 is 51.7. The first-order valence-corrected chi connectivity index (χ1v) is 13.9. The Bertz CT molecular complexity index is 1890. The number of aromatic nitrogens is 3. The maximum atomic E-state index is 16.6. The lowest BCUT2D eigenvalue weighted by Gasteiger charge is -2.41. The van der Waals surface area contributed by atoms with Gasteiger partial charge < -0.3 is 10.2 Å². The van der Waals surface area contributed by atoms with Gasteiger partial charge in [0, 0.05) is 54.0 Å². The van der Waals surface area contributed by atoms with E-state index in [9.17, 15) is 20.3 Å². The molecule has 1 saturated carbocycles. The Morgan fingerprint density at radius 1 is 1.19 bits per heavy atom. The molecule has 1 fully saturated rings. The van der Waals surface area contributed by atoms with E-state index in [1.165, 1.54) is 35.1 Å². The molecule has 3 heterocycles. The number of carbonyl (C=O) groups is 1. The number of hydrogen-bond acceptors (Lipinski definition) is 7. The minimum atomic E-state index is -3.04. The number of aliphatic hydroxyl groups excluding tert-OH is 1. The third-order valence-corrected chi connectivity index (χ3v) is 8.20. The largest absolute Gasteiger partial charge is 0.396 e. The van der Waals surface area contributed by atoms with Crippen LogP contribution in [0.25, 0.3) is 11.1 Å². The molecule has 2 aromatic heterocycles. The van der Waals surface area contributed by atoms with Gasteiger partial charge in [-0.3, -0.25) is 19.3 Å². The lowest BCUT2D eigenvalue weighted by molar-refractivity contribution is -0.221. The summed E-state index contributed by atoms with van der Waals surface area (Å²) >= 11 is 6.04. The second kappa shape index (κ2) is 11.2. The molecule has 2 atom stereocenters. The van der Waals surface area contributed by atoms with Crippen molar-refractivity contribution in [2.45, 2.75) is 37.3 Å². The molecule has 1 unspecified atom stereocenters. The Labute approximate surface area is 258 Å². The van der Waals surface area contributed by atoms with Crippen LogP contribution in [-0.2, 0) is 30.3 Å². The SMILES string of the molecule is [2H]C([2H])(O)C1(C([2H])([2H])ON2C(=O)c3c(ccc(-c4ccc(Cl)cc4)c3F)[C@]2(Cc2ccc(C#N)cn2)C(O)Cc2ccn(C)n2)CC1. The monoisotopic (exact) mass is 605 g/mol. The fourth-order valence-corrected chi connectivity index (χ4v) is 5.54. The van der Waals surface area contributed by atoms with Gasteiger partial charge in [0.1, 0.15) is 17.4 Å². The van der Waals surface area contributed by atoms with Crippen molar-refractivity contribution in [1.29, 1.82) is 5.26 Å². The summed E-state index contributed by atoms with van der Waals surface area (Å²) in [6.45, 7) is -6.05. The number of carbonyl (C=O) groups excluding carboxylic acids is 1. The number of aryl methyl sites for hydroxylation is 1. The van der Waals surface area contributed by atoms with Crippen molar-refractivity contribution in [3.05, 3.63) is 106 Å². The third kappa shape index (κ3) is 5.19. The zero-order chi connectivity index (χ0) is 33.9. The summed E-state index contributed by atoms with van der Waals surface area (Å²) in [6.07, 6.45) is 0.593. The lowest BCUT2D eigenvalue weighted by atomic mass is 9.78. The van der Waals surface area contributed by atoms with E-state index in [1.54, 1.807) is 43.6 Å². The number of rotatable bonds is 10. The van der Waals surface area contributed by atoms with Crippen LogP contribution in [0.4, 0.5) is 4.39 Å². The van der Waals surface area contributed by atoms with Crippen molar-refractivity contribution in [2.75, 3.05) is 13.1 Å². The molecular formula is C32H29ClFN5O4. The van der Waals surface area contributed by atoms with Crippen LogP contribution in [0.15, 0.2) is 67.0 Å². The standard InChI is InChI=1S/C32H29ClFN5O4/c1-38-13-10-23(37-38)14-27(41)32(15-24-7-2-20(16-35)17-36-24)26-9-8-25(21-3-5-22(33)6-4-21)29(34)28(26)30(42)39(32)43-19-31(18-40)11-12-31/h2-10,13,17,27,40-41H,11-12,14-15,18-19H2,1H3/t27?,32-/m1/s1/i18D2,19D2. The lowest BCUT2D eigenvalue weighted by Crippen LogP contribution is -2.55. The molecule has 220 valence electrons. The summed E-state index contributed by atoms with van der Waals surface area (Å²) in [5, 5.41) is 37.1. The summed E-state index contributed by atoms with van der Waals surface area (Å²) in [5.74, 6) is -2.08. The Morgan fingerprint density at radius 2 is 1.95 bits per heavy atom. The minimum Gasteiger partial charge on any atom is -0.396 e. The zero-order valence-corrected chi connectivity index (χ0v) is 23.7. The molecule has 11 heteroatoms. The molecule has 0 saturated heterocycles. The summed E-state index contributed by atoms with van der Waals surface area (Å²) in [7, 11) is 1.68. The highest BCUT2D eigenvalue weighted by molar-refractivity contribution is 6.30. The quantitative estimate of drug-likeness (QED) is 0.275. The molecule has 6 rings (SSSR count). The van der Waals surface area contributed by atoms with Gasteiger partial charge in [-0.1, -0.05) is 35.9 Å². The van der Waals surface area contributed by atoms with Gasteiger partial charge in [-0.05, 0) is 54.3 Å². The number of pyridine rings is 1. The molecule has 43 heavy (non-hydrogen) atoms. The second-order valence-corrected chi connectivity index (χ2v) is 11.2. The highest BCUT2D eigenvalue weighted by atomic mass is 35.5. The Kier molecular flexibility index (Phi) is 6.32. The second-order valence-electron chi connectivity index (χ2n) is 10.8. The molecule has 9 nitrogen and oxygen atoms in total. The maximum Gasteiger partial charge on any atom is 0.281 e. The highest BCUT2D eigenvalue weighted by Crippen LogP contribution is 2.50. The fraction of sp³-hybridized carbons (Fsp3) is 0.312. The van der Waals surface area contributed by atoms with Crippen LogP contribution in [0.5, 0.6) is 0 Å². The van der Waals surface area contributed by atoms with Crippen LogP contribution in [0.2, 0.25) is 5.02 Å². The van der Waals surface area contributed by atoms with E-state index in [4.69, 9.17) is 21.9 Å². The number of benzene rings is 2. The van der Waals surface area contributed by atoms with Crippen molar-refractivity contribution in [1.82, 2.24) is 19.8 Å². The van der Waals surface area contributed by atoms with Gasteiger partial charge in [-0.2, -0.15) is 10.4 Å². The van der Waals surface area contributed by atoms with Crippen LogP contribution in [0.3, 0.4) is 0 Å². The predicted molar refractivity (Wildman–Crippen MR) is 155 cm³/mol. The van der Waals surface area contributed by atoms with Gasteiger partial charge in [0.2, 0.25) is 0 Å². The van der Waals surface area contributed by atoms with Gasteiger partial charge >= 0.3 is 0 Å². The van der Waals surface area contributed by atoms with E-state index < -0.39 is 47.5 Å². The van der Waals surface area contributed by atoms with E-state index >= 15 is 4.39 Å². The van der Waals surface area contributed by atoms with Gasteiger partial charge in [0.25, 0.3) is 5.91 Å². The van der Waals surface area contributed by atoms with E-state index in [1.807, 2.05) is 6.07 Å². The van der Waals surface area contributed by atoms with Crippen molar-refractivity contribution in [3.8, 4) is 17.2 Å². The average Bonchev–Trinajstić information content (AvgIpc) is 3.73. The van der Waals surface area contributed by atoms with Crippen molar-refractivity contribution < 1.29 is 29.7 Å². The molecule has 0 radical (unpaired) electrons. The number of hydrogen-bond donors (Lipinski definition) is 2. The van der Waals surface area contributed by atoms with Crippen molar-refractivity contribution >= 4 is 17.5 Å². The molecule has 0 bridgehead atoms. The minimum absolute atomic E-state index is 0.0278. The van der Waals surface area contributed by atoms with E-state index in [0.717, 1.165) is 0 Å². The first-order chi connectivity index (χ1) is 22.1. The van der Waals surface area contributed by atoms with Gasteiger partial charge in [-0.25, -0.2) is 9.45 Å². The zero-order valence-electron chi connectivity index (χ0n) is 27.0. The van der Waals surface area contributed by atoms with Crippen LogP contribution in [-0.4, -0.2) is 55.2 Å². The smallest absolute Gasteiger partial charge is 0.281 e. The first kappa shape index (κ1) is 24.3. The van der Waals surface area contributed by atoms with Gasteiger partial charge in [-0.15, -0.1) is 0 Å². The number of fused-ring (bicyclic) bond motifs is 1. The van der Waals surface area contributed by atoms with Crippen LogP contribution in [0.1, 0.15) is 51.2 Å². The van der Waals surface area contributed by atoms with Crippen LogP contribution < -0.4 is 0 Å². The maximum absolute atomic E-state index is 16.6. The number of nitrogens with zero attached hydrogens (tertiary/aromatic N) is 5. The fourth-order valence-electron chi connectivity index (χ4n) is 5.42. The third-order valence-electron chi connectivity index (χ3n) is 7.95. The van der Waals surface area contributed by atoms with Crippen molar-refractivity contribution in [3.63, 3.8) is 0 Å². The highest BCUT2D eigenvalue weighted by Gasteiger charge is 2.58. The molecule has 2 N–H and O–H groups in total. The number of aliphatic hydroxyl groups is 2.